The number of anilines is 1. The number of para-hydroxylation sites is 1. The van der Waals surface area contributed by atoms with Gasteiger partial charge in [0.2, 0.25) is 0 Å². The third-order valence-electron chi connectivity index (χ3n) is 3.03. The first-order chi connectivity index (χ1) is 9.65. The quantitative estimate of drug-likeness (QED) is 0.861. The molecule has 0 aliphatic rings. The molecule has 20 heavy (non-hydrogen) atoms. The van der Waals surface area contributed by atoms with Crippen LogP contribution < -0.4 is 4.90 Å². The van der Waals surface area contributed by atoms with Crippen molar-refractivity contribution in [3.63, 3.8) is 0 Å². The molecule has 0 N–H and O–H groups in total. The summed E-state index contributed by atoms with van der Waals surface area (Å²) in [5, 5.41) is 18.5. The maximum Gasteiger partial charge on any atom is 0.101 e. The summed E-state index contributed by atoms with van der Waals surface area (Å²) >= 11 is 6.17. The number of nitriles is 2. The zero-order chi connectivity index (χ0) is 14.5. The van der Waals surface area contributed by atoms with Crippen LogP contribution in [0.4, 0.5) is 5.69 Å². The molecule has 0 aliphatic carbocycles. The summed E-state index contributed by atoms with van der Waals surface area (Å²) in [6.07, 6.45) is 0. The van der Waals surface area contributed by atoms with Gasteiger partial charge in [0.25, 0.3) is 0 Å². The highest BCUT2D eigenvalue weighted by Gasteiger charge is 2.09. The molecule has 3 nitrogen and oxygen atoms in total. The summed E-state index contributed by atoms with van der Waals surface area (Å²) in [5.74, 6) is 0. The molecule has 4 heteroatoms. The van der Waals surface area contributed by atoms with Gasteiger partial charge in [-0.1, -0.05) is 29.8 Å². The molecule has 0 radical (unpaired) electrons. The van der Waals surface area contributed by atoms with Crippen molar-refractivity contribution in [1.82, 2.24) is 0 Å². The van der Waals surface area contributed by atoms with E-state index in [2.05, 4.69) is 12.1 Å². The van der Waals surface area contributed by atoms with Gasteiger partial charge in [-0.25, -0.2) is 0 Å². The summed E-state index contributed by atoms with van der Waals surface area (Å²) in [7, 11) is 1.91. The Balaban J connectivity index is 2.26. The molecule has 2 aromatic rings. The molecule has 0 saturated carbocycles. The van der Waals surface area contributed by atoms with Crippen molar-refractivity contribution >= 4 is 17.3 Å². The first kappa shape index (κ1) is 13.9. The van der Waals surface area contributed by atoms with Crippen LogP contribution in [0.25, 0.3) is 0 Å². The molecule has 0 unspecified atom stereocenters. The molecule has 98 valence electrons. The summed E-state index contributed by atoms with van der Waals surface area (Å²) in [4.78, 5) is 1.96. The Morgan fingerprint density at radius 1 is 1.10 bits per heavy atom. The van der Waals surface area contributed by atoms with E-state index < -0.39 is 0 Å². The fourth-order valence-electron chi connectivity index (χ4n) is 1.99. The molecule has 0 aliphatic heterocycles. The van der Waals surface area contributed by atoms with E-state index >= 15 is 0 Å². The normalized spacial score (nSPS) is 9.60. The molecule has 0 saturated heterocycles. The lowest BCUT2D eigenvalue weighted by Crippen LogP contribution is -2.17. The van der Waals surface area contributed by atoms with Crippen molar-refractivity contribution in [3.05, 3.63) is 64.2 Å². The molecule has 0 heterocycles. The van der Waals surface area contributed by atoms with E-state index in [1.807, 2.05) is 36.2 Å². The monoisotopic (exact) mass is 281 g/mol. The molecular weight excluding hydrogens is 270 g/mol. The van der Waals surface area contributed by atoms with E-state index in [1.165, 1.54) is 0 Å². The molecule has 0 spiro atoms. The molecule has 0 bridgehead atoms. The van der Waals surface area contributed by atoms with Crippen LogP contribution in [0.5, 0.6) is 0 Å². The standard InChI is InChI=1S/C16H12ClN3/c1-20(16-5-3-2-4-13(16)10-19)11-14-7-6-12(9-18)8-15(14)17/h2-8H,11H2,1H3. The summed E-state index contributed by atoms with van der Waals surface area (Å²) in [6.45, 7) is 0.573. The van der Waals surface area contributed by atoms with Crippen molar-refractivity contribution in [1.29, 1.82) is 10.5 Å². The van der Waals surface area contributed by atoms with Crippen LogP contribution in [0.3, 0.4) is 0 Å². The SMILES string of the molecule is CN(Cc1ccc(C#N)cc1Cl)c1ccccc1C#N. The largest absolute Gasteiger partial charge is 0.369 e. The van der Waals surface area contributed by atoms with Crippen molar-refractivity contribution in [2.75, 3.05) is 11.9 Å². The van der Waals surface area contributed by atoms with Crippen LogP contribution >= 0.6 is 11.6 Å². The first-order valence-electron chi connectivity index (χ1n) is 6.04. The predicted octanol–water partition coefficient (Wildman–Crippen LogP) is 3.72. The van der Waals surface area contributed by atoms with Crippen LogP contribution in [0.1, 0.15) is 16.7 Å². The Hall–Kier alpha value is -2.49. The predicted molar refractivity (Wildman–Crippen MR) is 79.4 cm³/mol. The minimum absolute atomic E-state index is 0.541. The first-order valence-corrected chi connectivity index (χ1v) is 6.42. The Labute approximate surface area is 123 Å². The third kappa shape index (κ3) is 2.91. The van der Waals surface area contributed by atoms with Gasteiger partial charge in [0, 0.05) is 18.6 Å². The second-order valence-electron chi connectivity index (χ2n) is 4.40. The number of hydrogen-bond donors (Lipinski definition) is 0. The van der Waals surface area contributed by atoms with Gasteiger partial charge in [0.15, 0.2) is 0 Å². The zero-order valence-corrected chi connectivity index (χ0v) is 11.7. The summed E-state index contributed by atoms with van der Waals surface area (Å²) in [6, 6.07) is 16.9. The van der Waals surface area contributed by atoms with Crippen LogP contribution in [0.2, 0.25) is 5.02 Å². The van der Waals surface area contributed by atoms with Gasteiger partial charge in [-0.05, 0) is 29.8 Å². The lowest BCUT2D eigenvalue weighted by atomic mass is 10.1. The molecule has 0 atom stereocenters. The molecule has 2 rings (SSSR count). The number of nitrogens with zero attached hydrogens (tertiary/aromatic N) is 3. The van der Waals surface area contributed by atoms with Crippen molar-refractivity contribution in [3.8, 4) is 12.1 Å². The topological polar surface area (TPSA) is 50.8 Å². The van der Waals surface area contributed by atoms with Gasteiger partial charge >= 0.3 is 0 Å². The maximum atomic E-state index is 9.12. The average molecular weight is 282 g/mol. The van der Waals surface area contributed by atoms with Crippen LogP contribution in [-0.2, 0) is 6.54 Å². The minimum atomic E-state index is 0.541. The Kier molecular flexibility index (Phi) is 4.25. The second-order valence-corrected chi connectivity index (χ2v) is 4.81. The number of halogens is 1. The van der Waals surface area contributed by atoms with E-state index in [0.717, 1.165) is 11.3 Å². The van der Waals surface area contributed by atoms with E-state index in [-0.39, 0.29) is 0 Å². The zero-order valence-electron chi connectivity index (χ0n) is 11.0. The third-order valence-corrected chi connectivity index (χ3v) is 3.38. The van der Waals surface area contributed by atoms with Gasteiger partial charge in [-0.2, -0.15) is 10.5 Å². The lowest BCUT2D eigenvalue weighted by molar-refractivity contribution is 0.921. The van der Waals surface area contributed by atoms with Crippen LogP contribution in [0.15, 0.2) is 42.5 Å². The van der Waals surface area contributed by atoms with Gasteiger partial charge in [-0.15, -0.1) is 0 Å². The maximum absolute atomic E-state index is 9.12. The molecular formula is C16H12ClN3. The lowest BCUT2D eigenvalue weighted by Gasteiger charge is -2.21. The van der Waals surface area contributed by atoms with Gasteiger partial charge in [0.1, 0.15) is 6.07 Å². The fraction of sp³-hybridized carbons (Fsp3) is 0.125. The highest BCUT2D eigenvalue weighted by atomic mass is 35.5. The fourth-order valence-corrected chi connectivity index (χ4v) is 2.23. The molecule has 0 fully saturated rings. The Morgan fingerprint density at radius 3 is 2.50 bits per heavy atom. The van der Waals surface area contributed by atoms with E-state index in [1.54, 1.807) is 18.2 Å². The van der Waals surface area contributed by atoms with Gasteiger partial charge in [0.05, 0.1) is 22.9 Å². The van der Waals surface area contributed by atoms with E-state index in [0.29, 0.717) is 22.7 Å². The Bertz CT molecular complexity index is 710. The van der Waals surface area contributed by atoms with Gasteiger partial charge in [-0.3, -0.25) is 0 Å². The smallest absolute Gasteiger partial charge is 0.101 e. The molecule has 0 aromatic heterocycles. The number of rotatable bonds is 3. The molecule has 0 amide bonds. The number of benzene rings is 2. The van der Waals surface area contributed by atoms with E-state index in [9.17, 15) is 0 Å². The van der Waals surface area contributed by atoms with Crippen LogP contribution in [-0.4, -0.2) is 7.05 Å². The highest BCUT2D eigenvalue weighted by Crippen LogP contribution is 2.24. The van der Waals surface area contributed by atoms with Gasteiger partial charge < -0.3 is 4.90 Å². The highest BCUT2D eigenvalue weighted by molar-refractivity contribution is 6.31. The summed E-state index contributed by atoms with van der Waals surface area (Å²) in [5.41, 5.74) is 2.94. The average Bonchev–Trinajstić information content (AvgIpc) is 2.49. The van der Waals surface area contributed by atoms with E-state index in [4.69, 9.17) is 22.1 Å². The van der Waals surface area contributed by atoms with Crippen molar-refractivity contribution in [2.45, 2.75) is 6.54 Å². The number of hydrogen-bond acceptors (Lipinski definition) is 3. The van der Waals surface area contributed by atoms with Crippen molar-refractivity contribution < 1.29 is 0 Å². The van der Waals surface area contributed by atoms with Crippen LogP contribution in [0, 0.1) is 22.7 Å². The summed E-state index contributed by atoms with van der Waals surface area (Å²) < 4.78 is 0. The minimum Gasteiger partial charge on any atom is -0.369 e. The molecule has 2 aromatic carbocycles. The van der Waals surface area contributed by atoms with Crippen molar-refractivity contribution in [2.24, 2.45) is 0 Å². The second kappa shape index (κ2) is 6.10. The Morgan fingerprint density at radius 2 is 1.85 bits per heavy atom.